The molecule has 1 amide bonds. The van der Waals surface area contributed by atoms with E-state index in [1.165, 1.54) is 6.21 Å². The van der Waals surface area contributed by atoms with Crippen LogP contribution >= 0.6 is 23.2 Å². The van der Waals surface area contributed by atoms with Crippen LogP contribution in [0.25, 0.3) is 0 Å². The zero-order chi connectivity index (χ0) is 18.6. The Morgan fingerprint density at radius 1 is 1.08 bits per heavy atom. The van der Waals surface area contributed by atoms with Crippen molar-refractivity contribution in [1.82, 2.24) is 5.43 Å². The molecule has 0 atom stereocenters. The Kier molecular flexibility index (Phi) is 5.63. The van der Waals surface area contributed by atoms with E-state index >= 15 is 0 Å². The van der Waals surface area contributed by atoms with Crippen LogP contribution in [-0.2, 0) is 0 Å². The van der Waals surface area contributed by atoms with Crippen LogP contribution < -0.4 is 5.43 Å². The molecule has 2 aromatic carbocycles. The molecular weight excluding hydrogens is 375 g/mol. The van der Waals surface area contributed by atoms with Crippen LogP contribution in [0, 0.1) is 20.2 Å². The van der Waals surface area contributed by atoms with Gasteiger partial charge in [-0.25, -0.2) is 5.43 Å². The molecule has 0 aliphatic carbocycles. The van der Waals surface area contributed by atoms with Crippen molar-refractivity contribution in [3.8, 4) is 0 Å². The van der Waals surface area contributed by atoms with Crippen LogP contribution in [-0.4, -0.2) is 22.0 Å². The predicted octanol–water partition coefficient (Wildman–Crippen LogP) is 3.57. The van der Waals surface area contributed by atoms with Gasteiger partial charge in [-0.1, -0.05) is 35.3 Å². The van der Waals surface area contributed by atoms with E-state index in [2.05, 4.69) is 10.5 Å². The molecule has 0 saturated carbocycles. The summed E-state index contributed by atoms with van der Waals surface area (Å²) in [5.41, 5.74) is 1.09. The van der Waals surface area contributed by atoms with Gasteiger partial charge < -0.3 is 0 Å². The topological polar surface area (TPSA) is 128 Å². The second-order valence-electron chi connectivity index (χ2n) is 4.59. The lowest BCUT2D eigenvalue weighted by Crippen LogP contribution is -2.18. The lowest BCUT2D eigenvalue weighted by molar-refractivity contribution is -0.394. The maximum Gasteiger partial charge on any atom is 0.277 e. The summed E-state index contributed by atoms with van der Waals surface area (Å²) in [6.45, 7) is 0. The lowest BCUT2D eigenvalue weighted by atomic mass is 10.1. The molecule has 0 aliphatic rings. The minimum Gasteiger partial charge on any atom is -0.267 e. The molecule has 0 spiro atoms. The summed E-state index contributed by atoms with van der Waals surface area (Å²) in [6, 6.07) is 7.37. The predicted molar refractivity (Wildman–Crippen MR) is 91.3 cm³/mol. The molecule has 0 saturated heterocycles. The van der Waals surface area contributed by atoms with Crippen LogP contribution in [0.1, 0.15) is 15.9 Å². The molecule has 25 heavy (non-hydrogen) atoms. The molecule has 128 valence electrons. The Morgan fingerprint density at radius 2 is 1.68 bits per heavy atom. The smallest absolute Gasteiger partial charge is 0.267 e. The van der Waals surface area contributed by atoms with Gasteiger partial charge in [0.15, 0.2) is 0 Å². The number of non-ortho nitro benzene ring substituents is 2. The van der Waals surface area contributed by atoms with Crippen LogP contribution in [0.4, 0.5) is 11.4 Å². The highest BCUT2D eigenvalue weighted by atomic mass is 35.5. The number of rotatable bonds is 5. The van der Waals surface area contributed by atoms with Gasteiger partial charge in [0, 0.05) is 17.7 Å². The minimum absolute atomic E-state index is 0.230. The van der Waals surface area contributed by atoms with Crippen LogP contribution in [0.3, 0.4) is 0 Å². The van der Waals surface area contributed by atoms with Crippen molar-refractivity contribution in [2.45, 2.75) is 0 Å². The van der Waals surface area contributed by atoms with Gasteiger partial charge >= 0.3 is 0 Å². The Morgan fingerprint density at radius 3 is 2.24 bits per heavy atom. The number of nitrogens with one attached hydrogen (secondary N) is 1. The maximum absolute atomic E-state index is 12.0. The van der Waals surface area contributed by atoms with Crippen LogP contribution in [0.15, 0.2) is 41.5 Å². The van der Waals surface area contributed by atoms with Crippen molar-refractivity contribution >= 4 is 46.7 Å². The average molecular weight is 383 g/mol. The fourth-order valence-corrected chi connectivity index (χ4v) is 2.14. The van der Waals surface area contributed by atoms with E-state index in [-0.39, 0.29) is 10.6 Å². The van der Waals surface area contributed by atoms with Crippen molar-refractivity contribution in [3.05, 3.63) is 77.8 Å². The van der Waals surface area contributed by atoms with E-state index in [1.54, 1.807) is 18.2 Å². The number of benzene rings is 2. The molecule has 0 fully saturated rings. The summed E-state index contributed by atoms with van der Waals surface area (Å²) >= 11 is 11.8. The molecule has 0 aliphatic heterocycles. The largest absolute Gasteiger partial charge is 0.277 e. The summed E-state index contributed by atoms with van der Waals surface area (Å²) < 4.78 is 0. The third kappa shape index (κ3) is 4.49. The fourth-order valence-electron chi connectivity index (χ4n) is 1.78. The molecular formula is C14H8Cl2N4O5. The highest BCUT2D eigenvalue weighted by Gasteiger charge is 2.19. The third-order valence-electron chi connectivity index (χ3n) is 2.94. The van der Waals surface area contributed by atoms with Gasteiger partial charge in [-0.2, -0.15) is 5.10 Å². The van der Waals surface area contributed by atoms with Gasteiger partial charge in [-0.05, 0) is 6.07 Å². The highest BCUT2D eigenvalue weighted by molar-refractivity contribution is 6.43. The number of nitro benzene ring substituents is 2. The van der Waals surface area contributed by atoms with Crippen molar-refractivity contribution in [2.24, 2.45) is 5.10 Å². The Balaban J connectivity index is 2.23. The number of amides is 1. The van der Waals surface area contributed by atoms with E-state index in [0.717, 1.165) is 18.2 Å². The number of carbonyl (C=O) groups is 1. The van der Waals surface area contributed by atoms with Gasteiger partial charge in [-0.15, -0.1) is 0 Å². The number of hydrogen-bond donors (Lipinski definition) is 1. The van der Waals surface area contributed by atoms with Gasteiger partial charge in [0.2, 0.25) is 0 Å². The Hall–Kier alpha value is -3.04. The van der Waals surface area contributed by atoms with Crippen LogP contribution in [0.5, 0.6) is 0 Å². The molecule has 0 radical (unpaired) electrons. The monoisotopic (exact) mass is 382 g/mol. The highest BCUT2D eigenvalue weighted by Crippen LogP contribution is 2.24. The standard InChI is InChI=1S/C14H8Cl2N4O5/c15-12-3-1-2-8(13(12)16)7-17-18-14(21)9-4-10(19(22)23)6-11(5-9)20(24)25/h1-7H,(H,18,21)/b17-7+. The SMILES string of the molecule is O=C(N/N=C/c1cccc(Cl)c1Cl)c1cc([N+](=O)[O-])cc([N+](=O)[O-])c1. The fraction of sp³-hybridized carbons (Fsp3) is 0. The zero-order valence-electron chi connectivity index (χ0n) is 12.2. The average Bonchev–Trinajstić information content (AvgIpc) is 2.58. The number of hydrazone groups is 1. The van der Waals surface area contributed by atoms with Crippen molar-refractivity contribution in [1.29, 1.82) is 0 Å². The first-order valence-electron chi connectivity index (χ1n) is 6.51. The van der Waals surface area contributed by atoms with Gasteiger partial charge in [0.25, 0.3) is 17.3 Å². The molecule has 1 N–H and O–H groups in total. The summed E-state index contributed by atoms with van der Waals surface area (Å²) in [4.78, 5) is 32.0. The summed E-state index contributed by atoms with van der Waals surface area (Å²) in [5.74, 6) is -0.860. The van der Waals surface area contributed by atoms with Gasteiger partial charge in [-0.3, -0.25) is 25.0 Å². The number of hydrogen-bond acceptors (Lipinski definition) is 6. The molecule has 11 heteroatoms. The van der Waals surface area contributed by atoms with Crippen molar-refractivity contribution in [3.63, 3.8) is 0 Å². The van der Waals surface area contributed by atoms with Gasteiger partial charge in [0.1, 0.15) is 0 Å². The minimum atomic E-state index is -0.860. The molecule has 0 bridgehead atoms. The van der Waals surface area contributed by atoms with Crippen molar-refractivity contribution in [2.75, 3.05) is 0 Å². The lowest BCUT2D eigenvalue weighted by Gasteiger charge is -2.02. The second kappa shape index (κ2) is 7.69. The number of nitro groups is 2. The number of carbonyl (C=O) groups excluding carboxylic acids is 1. The zero-order valence-corrected chi connectivity index (χ0v) is 13.7. The normalized spacial score (nSPS) is 10.6. The van der Waals surface area contributed by atoms with E-state index in [1.807, 2.05) is 0 Å². The van der Waals surface area contributed by atoms with E-state index in [4.69, 9.17) is 23.2 Å². The first-order chi connectivity index (χ1) is 11.8. The van der Waals surface area contributed by atoms with Crippen LogP contribution in [0.2, 0.25) is 10.0 Å². The Labute approximate surface area is 150 Å². The first-order valence-corrected chi connectivity index (χ1v) is 7.26. The molecule has 2 rings (SSSR count). The quantitative estimate of drug-likeness (QED) is 0.480. The maximum atomic E-state index is 12.0. The molecule has 2 aromatic rings. The summed E-state index contributed by atoms with van der Waals surface area (Å²) in [6.07, 6.45) is 1.22. The van der Waals surface area contributed by atoms with E-state index in [9.17, 15) is 25.0 Å². The summed E-state index contributed by atoms with van der Waals surface area (Å²) in [7, 11) is 0. The molecule has 9 nitrogen and oxygen atoms in total. The molecule has 0 aromatic heterocycles. The Bertz CT molecular complexity index is 869. The van der Waals surface area contributed by atoms with E-state index < -0.39 is 27.1 Å². The first kappa shape index (κ1) is 18.3. The third-order valence-corrected chi connectivity index (χ3v) is 3.77. The van der Waals surface area contributed by atoms with Gasteiger partial charge in [0.05, 0.1) is 37.7 Å². The number of halogens is 2. The second-order valence-corrected chi connectivity index (χ2v) is 5.38. The number of nitrogens with zero attached hydrogens (tertiary/aromatic N) is 3. The van der Waals surface area contributed by atoms with E-state index in [0.29, 0.717) is 10.6 Å². The summed E-state index contributed by atoms with van der Waals surface area (Å²) in [5, 5.41) is 25.8. The molecule has 0 heterocycles. The molecule has 0 unspecified atom stereocenters. The van der Waals surface area contributed by atoms with Crippen molar-refractivity contribution < 1.29 is 14.6 Å².